The van der Waals surface area contributed by atoms with Gasteiger partial charge in [-0.15, -0.1) is 10.2 Å². The molecule has 2 aromatic carbocycles. The van der Waals surface area contributed by atoms with Gasteiger partial charge >= 0.3 is 0 Å². The Labute approximate surface area is 192 Å². The Balaban J connectivity index is 1.60. The van der Waals surface area contributed by atoms with Crippen LogP contribution in [0.4, 0.5) is 0 Å². The number of nitrogens with one attached hydrogen (secondary N) is 2. The van der Waals surface area contributed by atoms with Gasteiger partial charge in [-0.1, -0.05) is 75.2 Å². The molecule has 0 atom stereocenters. The van der Waals surface area contributed by atoms with E-state index < -0.39 is 0 Å². The summed E-state index contributed by atoms with van der Waals surface area (Å²) >= 11 is 0. The van der Waals surface area contributed by atoms with Crippen LogP contribution in [0.25, 0.3) is 22.5 Å². The second-order valence-electron chi connectivity index (χ2n) is 7.96. The number of aromatic nitrogens is 7. The molecule has 170 valence electrons. The van der Waals surface area contributed by atoms with Crippen LogP contribution in [-0.2, 0) is 13.0 Å². The summed E-state index contributed by atoms with van der Waals surface area (Å²) in [5.41, 5.74) is 4.14. The van der Waals surface area contributed by atoms with Crippen LogP contribution in [0, 0.1) is 5.92 Å². The molecule has 2 N–H and O–H groups in total. The predicted octanol–water partition coefficient (Wildman–Crippen LogP) is 3.51. The second kappa shape index (κ2) is 10.2. The maximum Gasteiger partial charge on any atom is 0.290 e. The number of amides is 1. The summed E-state index contributed by atoms with van der Waals surface area (Å²) in [5.74, 6) is 1.86. The van der Waals surface area contributed by atoms with Crippen LogP contribution in [0.15, 0.2) is 48.5 Å². The third kappa shape index (κ3) is 4.97. The van der Waals surface area contributed by atoms with Gasteiger partial charge in [-0.3, -0.25) is 4.79 Å². The summed E-state index contributed by atoms with van der Waals surface area (Å²) in [7, 11) is 1.59. The molecule has 4 rings (SSSR count). The van der Waals surface area contributed by atoms with Crippen LogP contribution in [0.3, 0.4) is 0 Å². The van der Waals surface area contributed by atoms with Gasteiger partial charge in [0.05, 0.1) is 0 Å². The Morgan fingerprint density at radius 3 is 2.42 bits per heavy atom. The highest BCUT2D eigenvalue weighted by atomic mass is 16.2. The number of hydrogen-bond acceptors (Lipinski definition) is 6. The van der Waals surface area contributed by atoms with E-state index in [2.05, 4.69) is 80.2 Å². The van der Waals surface area contributed by atoms with E-state index in [-0.39, 0.29) is 11.7 Å². The minimum absolute atomic E-state index is 0.213. The van der Waals surface area contributed by atoms with Crippen molar-refractivity contribution in [3.63, 3.8) is 0 Å². The number of tetrazole rings is 1. The van der Waals surface area contributed by atoms with Crippen LogP contribution >= 0.6 is 0 Å². The van der Waals surface area contributed by atoms with E-state index in [1.165, 1.54) is 0 Å². The van der Waals surface area contributed by atoms with Gasteiger partial charge in [0, 0.05) is 25.6 Å². The first kappa shape index (κ1) is 22.3. The molecule has 1 amide bonds. The lowest BCUT2D eigenvalue weighted by Crippen LogP contribution is -2.20. The van der Waals surface area contributed by atoms with E-state index in [0.717, 1.165) is 47.5 Å². The molecule has 2 heterocycles. The molecule has 0 radical (unpaired) electrons. The van der Waals surface area contributed by atoms with Crippen LogP contribution in [-0.4, -0.2) is 48.3 Å². The number of carbonyl (C=O) groups excluding carboxylic acids is 1. The first-order valence-electron chi connectivity index (χ1n) is 11.2. The fourth-order valence-electron chi connectivity index (χ4n) is 3.85. The van der Waals surface area contributed by atoms with Crippen molar-refractivity contribution in [2.24, 2.45) is 5.92 Å². The highest BCUT2D eigenvalue weighted by molar-refractivity contribution is 5.90. The third-order valence-electron chi connectivity index (χ3n) is 5.92. The molecular weight excluding hydrogens is 416 g/mol. The minimum Gasteiger partial charge on any atom is -0.352 e. The van der Waals surface area contributed by atoms with Crippen molar-refractivity contribution < 1.29 is 4.79 Å². The summed E-state index contributed by atoms with van der Waals surface area (Å²) in [6, 6.07) is 16.3. The molecule has 9 nitrogen and oxygen atoms in total. The number of aromatic amines is 1. The fourth-order valence-corrected chi connectivity index (χ4v) is 3.85. The lowest BCUT2D eigenvalue weighted by molar-refractivity contribution is 0.0952. The first-order valence-corrected chi connectivity index (χ1v) is 11.2. The number of nitrogens with zero attached hydrogens (tertiary/aromatic N) is 6. The monoisotopic (exact) mass is 444 g/mol. The molecule has 33 heavy (non-hydrogen) atoms. The van der Waals surface area contributed by atoms with Crippen molar-refractivity contribution in [1.29, 1.82) is 0 Å². The lowest BCUT2D eigenvalue weighted by atomic mass is 9.97. The first-order chi connectivity index (χ1) is 16.1. The van der Waals surface area contributed by atoms with E-state index in [0.29, 0.717) is 18.2 Å². The number of hydrogen-bond donors (Lipinski definition) is 2. The molecule has 0 fully saturated rings. The number of carbonyl (C=O) groups is 1. The lowest BCUT2D eigenvalue weighted by Gasteiger charge is -2.14. The Morgan fingerprint density at radius 1 is 1.06 bits per heavy atom. The second-order valence-corrected chi connectivity index (χ2v) is 7.96. The molecule has 4 aromatic rings. The zero-order chi connectivity index (χ0) is 23.2. The summed E-state index contributed by atoms with van der Waals surface area (Å²) in [6.45, 7) is 5.11. The van der Waals surface area contributed by atoms with Gasteiger partial charge in [-0.05, 0) is 33.0 Å². The molecule has 0 saturated carbocycles. The zero-order valence-electron chi connectivity index (χ0n) is 19.1. The van der Waals surface area contributed by atoms with Crippen molar-refractivity contribution in [3.05, 3.63) is 65.7 Å². The van der Waals surface area contributed by atoms with Crippen molar-refractivity contribution in [2.75, 3.05) is 7.05 Å². The van der Waals surface area contributed by atoms with E-state index >= 15 is 0 Å². The Bertz CT molecular complexity index is 1190. The van der Waals surface area contributed by atoms with Gasteiger partial charge in [0.25, 0.3) is 5.91 Å². The van der Waals surface area contributed by atoms with Crippen LogP contribution in [0.5, 0.6) is 0 Å². The number of benzene rings is 2. The molecule has 2 aromatic heterocycles. The van der Waals surface area contributed by atoms with Crippen LogP contribution in [0.2, 0.25) is 0 Å². The summed E-state index contributed by atoms with van der Waals surface area (Å²) in [4.78, 5) is 16.7. The van der Waals surface area contributed by atoms with Gasteiger partial charge in [-0.2, -0.15) is 0 Å². The average molecular weight is 445 g/mol. The molecule has 9 heteroatoms. The molecule has 0 aliphatic rings. The van der Waals surface area contributed by atoms with Gasteiger partial charge in [-0.25, -0.2) is 14.8 Å². The maximum atomic E-state index is 12.1. The average Bonchev–Trinajstić information content (AvgIpc) is 3.53. The van der Waals surface area contributed by atoms with Gasteiger partial charge < -0.3 is 5.32 Å². The smallest absolute Gasteiger partial charge is 0.290 e. The van der Waals surface area contributed by atoms with Crippen LogP contribution < -0.4 is 5.32 Å². The van der Waals surface area contributed by atoms with E-state index in [9.17, 15) is 4.79 Å². The minimum atomic E-state index is -0.270. The fraction of sp³-hybridized carbons (Fsp3) is 0.333. The summed E-state index contributed by atoms with van der Waals surface area (Å²) < 4.78 is 1.89. The van der Waals surface area contributed by atoms with Crippen molar-refractivity contribution in [1.82, 2.24) is 40.7 Å². The summed E-state index contributed by atoms with van der Waals surface area (Å²) in [6.07, 6.45) is 2.71. The van der Waals surface area contributed by atoms with Crippen molar-refractivity contribution in [2.45, 2.75) is 39.7 Å². The third-order valence-corrected chi connectivity index (χ3v) is 5.92. The van der Waals surface area contributed by atoms with Gasteiger partial charge in [0.15, 0.2) is 5.82 Å². The molecule has 0 aliphatic carbocycles. The summed E-state index contributed by atoms with van der Waals surface area (Å²) in [5, 5.41) is 21.4. The van der Waals surface area contributed by atoms with Gasteiger partial charge in [0.2, 0.25) is 5.82 Å². The highest BCUT2D eigenvalue weighted by Crippen LogP contribution is 2.30. The maximum absolute atomic E-state index is 12.1. The van der Waals surface area contributed by atoms with Gasteiger partial charge in [0.1, 0.15) is 5.82 Å². The van der Waals surface area contributed by atoms with Crippen molar-refractivity contribution in [3.8, 4) is 22.5 Å². The van der Waals surface area contributed by atoms with E-state index in [1.807, 2.05) is 22.9 Å². The zero-order valence-corrected chi connectivity index (χ0v) is 19.1. The van der Waals surface area contributed by atoms with E-state index in [1.54, 1.807) is 7.05 Å². The Kier molecular flexibility index (Phi) is 6.87. The Morgan fingerprint density at radius 2 is 1.79 bits per heavy atom. The molecule has 0 unspecified atom stereocenters. The SMILES string of the molecule is CCC(CC)Cn1nc(C(=O)NC)nc1Cc1ccc(-c2ccccc2-c2nnn[nH]2)cc1. The highest BCUT2D eigenvalue weighted by Gasteiger charge is 2.18. The van der Waals surface area contributed by atoms with Crippen LogP contribution in [0.1, 0.15) is 48.7 Å². The molecular formula is C24H28N8O. The predicted molar refractivity (Wildman–Crippen MR) is 125 cm³/mol. The quantitative estimate of drug-likeness (QED) is 0.408. The number of H-pyrrole nitrogens is 1. The van der Waals surface area contributed by atoms with Crippen molar-refractivity contribution >= 4 is 5.91 Å². The normalized spacial score (nSPS) is 11.2. The van der Waals surface area contributed by atoms with E-state index in [4.69, 9.17) is 0 Å². The molecule has 0 spiro atoms. The Hall–Kier alpha value is -3.88. The molecule has 0 bridgehead atoms. The molecule has 0 saturated heterocycles. The molecule has 0 aliphatic heterocycles. The largest absolute Gasteiger partial charge is 0.352 e. The topological polar surface area (TPSA) is 114 Å². The number of rotatable bonds is 9. The standard InChI is InChI=1S/C24H28N8O/c1-4-16(5-2)15-32-21(26-23(29-32)24(33)25-3)14-17-10-12-18(13-11-17)19-8-6-7-9-20(19)22-27-30-31-28-22/h6-13,16H,4-5,14-15H2,1-3H3,(H,25,33)(H,27,28,30,31).